The molecule has 1 N–H and O–H groups in total. The van der Waals surface area contributed by atoms with Crippen molar-refractivity contribution < 1.29 is 14.3 Å². The standard InChI is InChI=1S/C17H15Cl2NO3/c1-22-15-7-6-11(10-16(15)23-2)14(21)8-9-20-13-5-3-4-12(18)17(13)19/h3-10,20H,1-2H3/b9-8+. The highest BCUT2D eigenvalue weighted by Gasteiger charge is 2.08. The number of hydrogen-bond acceptors (Lipinski definition) is 4. The van der Waals surface area contributed by atoms with E-state index in [4.69, 9.17) is 32.7 Å². The Kier molecular flexibility index (Phi) is 5.90. The van der Waals surface area contributed by atoms with Gasteiger partial charge in [-0.2, -0.15) is 0 Å². The van der Waals surface area contributed by atoms with Gasteiger partial charge < -0.3 is 14.8 Å². The van der Waals surface area contributed by atoms with E-state index < -0.39 is 0 Å². The molecule has 0 aromatic heterocycles. The zero-order valence-electron chi connectivity index (χ0n) is 12.6. The van der Waals surface area contributed by atoms with Gasteiger partial charge in [-0.25, -0.2) is 0 Å². The fourth-order valence-electron chi connectivity index (χ4n) is 1.91. The number of hydrogen-bond donors (Lipinski definition) is 1. The van der Waals surface area contributed by atoms with E-state index in [0.29, 0.717) is 32.8 Å². The Bertz CT molecular complexity index is 745. The molecule has 0 atom stereocenters. The molecule has 0 unspecified atom stereocenters. The summed E-state index contributed by atoms with van der Waals surface area (Å²) in [6.45, 7) is 0. The Hall–Kier alpha value is -2.17. The summed E-state index contributed by atoms with van der Waals surface area (Å²) in [7, 11) is 3.06. The van der Waals surface area contributed by atoms with Crippen LogP contribution in [-0.2, 0) is 0 Å². The Morgan fingerprint density at radius 2 is 1.83 bits per heavy atom. The lowest BCUT2D eigenvalue weighted by Crippen LogP contribution is -1.99. The average molecular weight is 352 g/mol. The van der Waals surface area contributed by atoms with Crippen molar-refractivity contribution in [1.82, 2.24) is 0 Å². The first-order valence-corrected chi connectivity index (χ1v) is 7.46. The van der Waals surface area contributed by atoms with E-state index in [1.165, 1.54) is 26.5 Å². The van der Waals surface area contributed by atoms with Crippen molar-refractivity contribution >= 4 is 34.7 Å². The van der Waals surface area contributed by atoms with Crippen LogP contribution in [0, 0.1) is 0 Å². The normalized spacial score (nSPS) is 10.6. The van der Waals surface area contributed by atoms with Crippen LogP contribution in [0.1, 0.15) is 10.4 Å². The number of allylic oxidation sites excluding steroid dienone is 1. The van der Waals surface area contributed by atoms with E-state index in [2.05, 4.69) is 5.32 Å². The Morgan fingerprint density at radius 1 is 1.09 bits per heavy atom. The maximum atomic E-state index is 12.2. The van der Waals surface area contributed by atoms with Gasteiger partial charge >= 0.3 is 0 Å². The van der Waals surface area contributed by atoms with Crippen LogP contribution in [0.2, 0.25) is 10.0 Å². The van der Waals surface area contributed by atoms with Crippen molar-refractivity contribution in [3.63, 3.8) is 0 Å². The number of ether oxygens (including phenoxy) is 2. The van der Waals surface area contributed by atoms with E-state index in [9.17, 15) is 4.79 Å². The van der Waals surface area contributed by atoms with E-state index in [-0.39, 0.29) is 5.78 Å². The third-order valence-electron chi connectivity index (χ3n) is 3.09. The molecule has 0 saturated heterocycles. The van der Waals surface area contributed by atoms with Gasteiger partial charge in [0.15, 0.2) is 17.3 Å². The van der Waals surface area contributed by atoms with Gasteiger partial charge in [-0.1, -0.05) is 29.3 Å². The molecule has 0 spiro atoms. The number of carbonyl (C=O) groups excluding carboxylic acids is 1. The predicted octanol–water partition coefficient (Wildman–Crippen LogP) is 4.82. The average Bonchev–Trinajstić information content (AvgIpc) is 2.57. The second-order valence-electron chi connectivity index (χ2n) is 4.51. The molecule has 2 aromatic carbocycles. The number of carbonyl (C=O) groups is 1. The van der Waals surface area contributed by atoms with Gasteiger partial charge in [-0.3, -0.25) is 4.79 Å². The molecule has 0 aliphatic heterocycles. The van der Waals surface area contributed by atoms with Crippen molar-refractivity contribution in [3.05, 3.63) is 64.3 Å². The summed E-state index contributed by atoms with van der Waals surface area (Å²) in [6, 6.07) is 10.2. The SMILES string of the molecule is COc1ccc(C(=O)/C=C/Nc2cccc(Cl)c2Cl)cc1OC. The number of rotatable bonds is 6. The van der Waals surface area contributed by atoms with Crippen LogP contribution < -0.4 is 14.8 Å². The van der Waals surface area contributed by atoms with E-state index >= 15 is 0 Å². The van der Waals surface area contributed by atoms with E-state index in [0.717, 1.165) is 0 Å². The number of benzene rings is 2. The lowest BCUT2D eigenvalue weighted by Gasteiger charge is -2.08. The van der Waals surface area contributed by atoms with Gasteiger partial charge in [0.05, 0.1) is 30.0 Å². The van der Waals surface area contributed by atoms with Crippen molar-refractivity contribution in [3.8, 4) is 11.5 Å². The molecule has 0 aliphatic rings. The highest BCUT2D eigenvalue weighted by molar-refractivity contribution is 6.43. The van der Waals surface area contributed by atoms with E-state index in [1.807, 2.05) is 0 Å². The summed E-state index contributed by atoms with van der Waals surface area (Å²) >= 11 is 12.0. The van der Waals surface area contributed by atoms with Gasteiger partial charge in [0.1, 0.15) is 0 Å². The van der Waals surface area contributed by atoms with Crippen LogP contribution in [0.4, 0.5) is 5.69 Å². The smallest absolute Gasteiger partial charge is 0.187 e. The predicted molar refractivity (Wildman–Crippen MR) is 93.1 cm³/mol. The molecule has 0 heterocycles. The highest BCUT2D eigenvalue weighted by Crippen LogP contribution is 2.30. The Labute approximate surface area is 144 Å². The summed E-state index contributed by atoms with van der Waals surface area (Å²) in [5.41, 5.74) is 1.11. The van der Waals surface area contributed by atoms with Crippen molar-refractivity contribution in [2.24, 2.45) is 0 Å². The largest absolute Gasteiger partial charge is 0.493 e. The van der Waals surface area contributed by atoms with Crippen molar-refractivity contribution in [2.45, 2.75) is 0 Å². The molecule has 23 heavy (non-hydrogen) atoms. The molecule has 4 nitrogen and oxygen atoms in total. The first kappa shape index (κ1) is 17.2. The topological polar surface area (TPSA) is 47.6 Å². The van der Waals surface area contributed by atoms with Crippen LogP contribution >= 0.6 is 23.2 Å². The molecular weight excluding hydrogens is 337 g/mol. The highest BCUT2D eigenvalue weighted by atomic mass is 35.5. The second kappa shape index (κ2) is 7.90. The van der Waals surface area contributed by atoms with Crippen LogP contribution in [0.15, 0.2) is 48.7 Å². The fraction of sp³-hybridized carbons (Fsp3) is 0.118. The van der Waals surface area contributed by atoms with E-state index in [1.54, 1.807) is 36.4 Å². The van der Waals surface area contributed by atoms with Crippen LogP contribution in [0.25, 0.3) is 0 Å². The zero-order chi connectivity index (χ0) is 16.8. The maximum absolute atomic E-state index is 12.2. The molecule has 0 fully saturated rings. The number of ketones is 1. The summed E-state index contributed by atoms with van der Waals surface area (Å²) in [6.07, 6.45) is 2.91. The minimum Gasteiger partial charge on any atom is -0.493 e. The molecule has 0 radical (unpaired) electrons. The molecule has 6 heteroatoms. The molecule has 0 aliphatic carbocycles. The third kappa shape index (κ3) is 4.18. The Morgan fingerprint density at radius 3 is 2.52 bits per heavy atom. The molecule has 0 amide bonds. The fourth-order valence-corrected chi connectivity index (χ4v) is 2.26. The first-order valence-electron chi connectivity index (χ1n) is 6.70. The molecule has 0 bridgehead atoms. The number of halogens is 2. The molecular formula is C17H15Cl2NO3. The summed E-state index contributed by atoms with van der Waals surface area (Å²) in [5.74, 6) is 0.881. The number of nitrogens with one attached hydrogen (secondary N) is 1. The van der Waals surface area contributed by atoms with Gasteiger partial charge in [-0.05, 0) is 30.3 Å². The quantitative estimate of drug-likeness (QED) is 0.598. The lowest BCUT2D eigenvalue weighted by molar-refractivity contribution is 0.104. The molecule has 2 rings (SSSR count). The first-order chi connectivity index (χ1) is 11.1. The summed E-state index contributed by atoms with van der Waals surface area (Å²) in [4.78, 5) is 12.2. The Balaban J connectivity index is 2.11. The second-order valence-corrected chi connectivity index (χ2v) is 5.30. The van der Waals surface area contributed by atoms with Gasteiger partial charge in [0, 0.05) is 17.8 Å². The van der Waals surface area contributed by atoms with Crippen LogP contribution in [0.3, 0.4) is 0 Å². The maximum Gasteiger partial charge on any atom is 0.187 e. The summed E-state index contributed by atoms with van der Waals surface area (Å²) in [5, 5.41) is 3.77. The zero-order valence-corrected chi connectivity index (χ0v) is 14.1. The van der Waals surface area contributed by atoms with Crippen molar-refractivity contribution in [1.29, 1.82) is 0 Å². The molecule has 2 aromatic rings. The summed E-state index contributed by atoms with van der Waals surface area (Å²) < 4.78 is 10.3. The monoisotopic (exact) mass is 351 g/mol. The van der Waals surface area contributed by atoms with Crippen LogP contribution in [-0.4, -0.2) is 20.0 Å². The minimum atomic E-state index is -0.184. The third-order valence-corrected chi connectivity index (χ3v) is 3.91. The molecule has 0 saturated carbocycles. The van der Waals surface area contributed by atoms with Gasteiger partial charge in [0.25, 0.3) is 0 Å². The minimum absolute atomic E-state index is 0.184. The number of methoxy groups -OCH3 is 2. The van der Waals surface area contributed by atoms with Crippen LogP contribution in [0.5, 0.6) is 11.5 Å². The van der Waals surface area contributed by atoms with Gasteiger partial charge in [0.2, 0.25) is 0 Å². The van der Waals surface area contributed by atoms with Gasteiger partial charge in [-0.15, -0.1) is 0 Å². The van der Waals surface area contributed by atoms with Crippen molar-refractivity contribution in [2.75, 3.05) is 19.5 Å². The number of anilines is 1. The lowest BCUT2D eigenvalue weighted by atomic mass is 10.1. The molecule has 120 valence electrons.